The number of aryl methyl sites for hydroxylation is 1. The van der Waals surface area contributed by atoms with Gasteiger partial charge in [-0.15, -0.1) is 0 Å². The van der Waals surface area contributed by atoms with Gasteiger partial charge in [-0.3, -0.25) is 0 Å². The topological polar surface area (TPSA) is 20.2 Å². The summed E-state index contributed by atoms with van der Waals surface area (Å²) in [5.41, 5.74) is 4.34. The Morgan fingerprint density at radius 3 is 2.33 bits per heavy atom. The minimum absolute atomic E-state index is 0.229. The maximum atomic E-state index is 9.90. The molecular formula is C17H24O. The first-order valence-electron chi connectivity index (χ1n) is 6.94. The first kappa shape index (κ1) is 13.4. The lowest BCUT2D eigenvalue weighted by molar-refractivity contribution is 0.138. The molecule has 0 saturated carbocycles. The molecule has 0 spiro atoms. The van der Waals surface area contributed by atoms with E-state index in [0.29, 0.717) is 0 Å². The van der Waals surface area contributed by atoms with E-state index in [1.54, 1.807) is 0 Å². The van der Waals surface area contributed by atoms with Crippen molar-refractivity contribution in [3.63, 3.8) is 0 Å². The highest BCUT2D eigenvalue weighted by molar-refractivity contribution is 5.28. The van der Waals surface area contributed by atoms with Crippen LogP contribution in [0.5, 0.6) is 0 Å². The summed E-state index contributed by atoms with van der Waals surface area (Å²) < 4.78 is 0. The molecule has 0 radical (unpaired) electrons. The average molecular weight is 244 g/mol. The molecule has 0 aromatic heterocycles. The molecule has 1 aromatic carbocycles. The molecule has 1 unspecified atom stereocenters. The van der Waals surface area contributed by atoms with Crippen LogP contribution in [0, 0.1) is 5.41 Å². The fourth-order valence-corrected chi connectivity index (χ4v) is 2.92. The van der Waals surface area contributed by atoms with Crippen LogP contribution in [0.25, 0.3) is 0 Å². The van der Waals surface area contributed by atoms with Gasteiger partial charge in [-0.05, 0) is 42.2 Å². The molecule has 98 valence electrons. The molecule has 0 saturated heterocycles. The van der Waals surface area contributed by atoms with Crippen LogP contribution in [0.2, 0.25) is 0 Å². The monoisotopic (exact) mass is 244 g/mol. The Kier molecular flexibility index (Phi) is 3.91. The van der Waals surface area contributed by atoms with Crippen molar-refractivity contribution in [2.45, 2.75) is 52.6 Å². The van der Waals surface area contributed by atoms with Gasteiger partial charge in [0.15, 0.2) is 0 Å². The Morgan fingerprint density at radius 1 is 1.17 bits per heavy atom. The van der Waals surface area contributed by atoms with Crippen LogP contribution in [0.4, 0.5) is 0 Å². The summed E-state index contributed by atoms with van der Waals surface area (Å²) in [5, 5.41) is 9.90. The third-order valence-electron chi connectivity index (χ3n) is 3.76. The summed E-state index contributed by atoms with van der Waals surface area (Å²) >= 11 is 0. The van der Waals surface area contributed by atoms with Crippen molar-refractivity contribution in [1.29, 1.82) is 0 Å². The van der Waals surface area contributed by atoms with Crippen LogP contribution >= 0.6 is 0 Å². The van der Waals surface area contributed by atoms with Gasteiger partial charge in [0, 0.05) is 0 Å². The zero-order valence-corrected chi connectivity index (χ0v) is 11.7. The lowest BCUT2D eigenvalue weighted by atomic mass is 9.75. The normalized spacial score (nSPS) is 22.7. The summed E-state index contributed by atoms with van der Waals surface area (Å²) in [5.74, 6) is 0. The minimum atomic E-state index is -0.265. The maximum absolute atomic E-state index is 9.90. The minimum Gasteiger partial charge on any atom is -0.389 e. The van der Waals surface area contributed by atoms with Crippen molar-refractivity contribution >= 4 is 0 Å². The molecule has 1 heteroatoms. The molecule has 1 aromatic rings. The third kappa shape index (κ3) is 3.46. The molecule has 1 N–H and O–H groups in total. The highest BCUT2D eigenvalue weighted by atomic mass is 16.3. The van der Waals surface area contributed by atoms with E-state index >= 15 is 0 Å². The van der Waals surface area contributed by atoms with Crippen molar-refractivity contribution in [1.82, 2.24) is 0 Å². The van der Waals surface area contributed by atoms with Crippen molar-refractivity contribution < 1.29 is 5.11 Å². The van der Waals surface area contributed by atoms with Gasteiger partial charge in [0.05, 0.1) is 6.10 Å². The van der Waals surface area contributed by atoms with Gasteiger partial charge in [-0.2, -0.15) is 0 Å². The van der Waals surface area contributed by atoms with Crippen molar-refractivity contribution in [3.05, 3.63) is 47.0 Å². The molecule has 1 aliphatic rings. The molecule has 1 aliphatic carbocycles. The van der Waals surface area contributed by atoms with E-state index in [4.69, 9.17) is 0 Å². The number of hydrogen-bond donors (Lipinski definition) is 1. The first-order valence-corrected chi connectivity index (χ1v) is 6.94. The predicted octanol–water partition coefficient (Wildman–Crippen LogP) is 3.90. The van der Waals surface area contributed by atoms with Crippen molar-refractivity contribution in [3.8, 4) is 0 Å². The van der Waals surface area contributed by atoms with E-state index in [0.717, 1.165) is 25.7 Å². The standard InChI is InChI=1S/C17H24O/c1-4-13-5-7-14(8-6-13)9-15-10-16(18)12-17(2,3)11-15/h5-8,10,16,18H,4,9,11-12H2,1-3H3. The molecule has 1 atom stereocenters. The second-order valence-corrected chi connectivity index (χ2v) is 6.28. The number of aliphatic hydroxyl groups excluding tert-OH is 1. The Bertz CT molecular complexity index is 425. The number of allylic oxidation sites excluding steroid dienone is 1. The predicted molar refractivity (Wildman–Crippen MR) is 76.6 cm³/mol. The van der Waals surface area contributed by atoms with E-state index in [-0.39, 0.29) is 11.5 Å². The van der Waals surface area contributed by atoms with Crippen LogP contribution in [0.15, 0.2) is 35.9 Å². The SMILES string of the molecule is CCc1ccc(CC2=CC(O)CC(C)(C)C2)cc1. The molecule has 0 fully saturated rings. The van der Waals surface area contributed by atoms with Crippen LogP contribution < -0.4 is 0 Å². The highest BCUT2D eigenvalue weighted by Crippen LogP contribution is 2.36. The quantitative estimate of drug-likeness (QED) is 0.800. The van der Waals surface area contributed by atoms with Gasteiger partial charge in [-0.25, -0.2) is 0 Å². The van der Waals surface area contributed by atoms with Gasteiger partial charge in [0.1, 0.15) is 0 Å². The summed E-state index contributed by atoms with van der Waals surface area (Å²) in [6, 6.07) is 8.85. The van der Waals surface area contributed by atoms with Gasteiger partial charge in [-0.1, -0.05) is 56.7 Å². The van der Waals surface area contributed by atoms with E-state index < -0.39 is 0 Å². The lowest BCUT2D eigenvalue weighted by Crippen LogP contribution is -2.25. The van der Waals surface area contributed by atoms with Gasteiger partial charge >= 0.3 is 0 Å². The number of benzene rings is 1. The van der Waals surface area contributed by atoms with E-state index in [2.05, 4.69) is 51.1 Å². The van der Waals surface area contributed by atoms with Gasteiger partial charge in [0.2, 0.25) is 0 Å². The number of aliphatic hydroxyl groups is 1. The van der Waals surface area contributed by atoms with Crippen molar-refractivity contribution in [2.75, 3.05) is 0 Å². The summed E-state index contributed by atoms with van der Waals surface area (Å²) in [6.45, 7) is 6.66. The van der Waals surface area contributed by atoms with Crippen LogP contribution in [0.3, 0.4) is 0 Å². The lowest BCUT2D eigenvalue weighted by Gasteiger charge is -2.32. The van der Waals surface area contributed by atoms with Crippen LogP contribution in [0.1, 0.15) is 44.7 Å². The molecule has 2 rings (SSSR count). The molecule has 0 bridgehead atoms. The smallest absolute Gasteiger partial charge is 0.0728 e. The van der Waals surface area contributed by atoms with Crippen LogP contribution in [-0.4, -0.2) is 11.2 Å². The number of rotatable bonds is 3. The Labute approximate surface area is 111 Å². The summed E-state index contributed by atoms with van der Waals surface area (Å²) in [6.07, 6.45) is 5.84. The molecule has 0 amide bonds. The zero-order chi connectivity index (χ0) is 13.2. The molecular weight excluding hydrogens is 220 g/mol. The highest BCUT2D eigenvalue weighted by Gasteiger charge is 2.27. The second-order valence-electron chi connectivity index (χ2n) is 6.28. The Morgan fingerprint density at radius 2 is 1.78 bits per heavy atom. The molecule has 1 nitrogen and oxygen atoms in total. The average Bonchev–Trinajstić information content (AvgIpc) is 2.27. The van der Waals surface area contributed by atoms with Gasteiger partial charge in [0.25, 0.3) is 0 Å². The van der Waals surface area contributed by atoms with E-state index in [1.807, 2.05) is 0 Å². The second kappa shape index (κ2) is 5.27. The summed E-state index contributed by atoms with van der Waals surface area (Å²) in [7, 11) is 0. The number of hydrogen-bond acceptors (Lipinski definition) is 1. The molecule has 0 heterocycles. The summed E-state index contributed by atoms with van der Waals surface area (Å²) in [4.78, 5) is 0. The fourth-order valence-electron chi connectivity index (χ4n) is 2.92. The molecule has 18 heavy (non-hydrogen) atoms. The Hall–Kier alpha value is -1.08. The van der Waals surface area contributed by atoms with E-state index in [9.17, 15) is 5.11 Å². The fraction of sp³-hybridized carbons (Fsp3) is 0.529. The van der Waals surface area contributed by atoms with Crippen LogP contribution in [-0.2, 0) is 12.8 Å². The zero-order valence-electron chi connectivity index (χ0n) is 11.7. The first-order chi connectivity index (χ1) is 8.48. The van der Waals surface area contributed by atoms with E-state index in [1.165, 1.54) is 16.7 Å². The Balaban J connectivity index is 2.08. The largest absolute Gasteiger partial charge is 0.389 e. The third-order valence-corrected chi connectivity index (χ3v) is 3.76. The van der Waals surface area contributed by atoms with Crippen molar-refractivity contribution in [2.24, 2.45) is 5.41 Å². The molecule has 0 aliphatic heterocycles. The maximum Gasteiger partial charge on any atom is 0.0728 e. The van der Waals surface area contributed by atoms with Gasteiger partial charge < -0.3 is 5.11 Å².